The first kappa shape index (κ1) is 22.4. The zero-order valence-electron chi connectivity index (χ0n) is 17.8. The van der Waals surface area contributed by atoms with Crippen LogP contribution in [0.2, 0.25) is 0 Å². The van der Waals surface area contributed by atoms with Crippen molar-refractivity contribution in [2.75, 3.05) is 30.4 Å². The molecule has 8 nitrogen and oxygen atoms in total. The molecule has 33 heavy (non-hydrogen) atoms. The normalized spacial score (nSPS) is 12.7. The summed E-state index contributed by atoms with van der Waals surface area (Å²) in [5.74, 6) is -0.0517. The maximum Gasteiger partial charge on any atom is 0.262 e. The summed E-state index contributed by atoms with van der Waals surface area (Å²) >= 11 is 0. The molecular weight excluding hydrogens is 451 g/mol. The topological polar surface area (TPSA) is 103 Å². The second-order valence-electron chi connectivity index (χ2n) is 7.22. The molecule has 0 saturated carbocycles. The molecule has 10 heteroatoms. The fraction of sp³-hybridized carbons (Fsp3) is 0.174. The van der Waals surface area contributed by atoms with Gasteiger partial charge in [0.15, 0.2) is 11.5 Å². The largest absolute Gasteiger partial charge is 0.493 e. The Kier molecular flexibility index (Phi) is 6.10. The number of aryl methyl sites for hydroxylation is 1. The van der Waals surface area contributed by atoms with E-state index < -0.39 is 21.7 Å². The first-order valence-electron chi connectivity index (χ1n) is 9.95. The van der Waals surface area contributed by atoms with Crippen molar-refractivity contribution in [2.45, 2.75) is 11.8 Å². The number of fused-ring (bicyclic) bond motifs is 1. The molecule has 3 aromatic rings. The highest BCUT2D eigenvalue weighted by Gasteiger charge is 2.22. The predicted molar refractivity (Wildman–Crippen MR) is 120 cm³/mol. The molecule has 0 spiro atoms. The number of hydrogen-bond donors (Lipinski definition) is 2. The number of nitrogens with one attached hydrogen (secondary N) is 2. The van der Waals surface area contributed by atoms with Gasteiger partial charge in [-0.2, -0.15) is 0 Å². The number of benzene rings is 3. The molecule has 0 bridgehead atoms. The number of ether oxygens (including phenoxy) is 3. The van der Waals surface area contributed by atoms with Gasteiger partial charge in [-0.25, -0.2) is 12.8 Å². The Labute approximate surface area is 190 Å². The van der Waals surface area contributed by atoms with Crippen LogP contribution in [0.15, 0.2) is 59.5 Å². The fourth-order valence-electron chi connectivity index (χ4n) is 3.32. The van der Waals surface area contributed by atoms with Crippen LogP contribution in [0.4, 0.5) is 15.8 Å². The first-order valence-corrected chi connectivity index (χ1v) is 11.4. The zero-order chi connectivity index (χ0) is 23.6. The third-order valence-corrected chi connectivity index (χ3v) is 6.45. The summed E-state index contributed by atoms with van der Waals surface area (Å²) in [5.41, 5.74) is 0.742. The third kappa shape index (κ3) is 4.70. The van der Waals surface area contributed by atoms with Crippen molar-refractivity contribution >= 4 is 27.3 Å². The number of amides is 1. The number of para-hydroxylation sites is 1. The van der Waals surface area contributed by atoms with E-state index in [9.17, 15) is 17.6 Å². The number of hydrogen-bond acceptors (Lipinski definition) is 6. The third-order valence-electron chi connectivity index (χ3n) is 4.94. The van der Waals surface area contributed by atoms with Gasteiger partial charge in [-0.3, -0.25) is 9.52 Å². The van der Waals surface area contributed by atoms with E-state index >= 15 is 0 Å². The van der Waals surface area contributed by atoms with Gasteiger partial charge >= 0.3 is 0 Å². The predicted octanol–water partition coefficient (Wildman–Crippen LogP) is 3.97. The van der Waals surface area contributed by atoms with Gasteiger partial charge in [0, 0.05) is 11.3 Å². The number of sulfonamides is 1. The van der Waals surface area contributed by atoms with E-state index in [0.29, 0.717) is 36.0 Å². The number of methoxy groups -OCH3 is 1. The summed E-state index contributed by atoms with van der Waals surface area (Å²) < 4.78 is 58.4. The van der Waals surface area contributed by atoms with E-state index in [1.165, 1.54) is 43.5 Å². The summed E-state index contributed by atoms with van der Waals surface area (Å²) in [5, 5.41) is 2.67. The highest BCUT2D eigenvalue weighted by atomic mass is 32.2. The maximum absolute atomic E-state index is 13.9. The Morgan fingerprint density at radius 2 is 1.82 bits per heavy atom. The van der Waals surface area contributed by atoms with Crippen LogP contribution in [0.5, 0.6) is 17.2 Å². The second kappa shape index (κ2) is 8.99. The average Bonchev–Trinajstić information content (AvgIpc) is 2.80. The van der Waals surface area contributed by atoms with Gasteiger partial charge in [-0.05, 0) is 48.9 Å². The van der Waals surface area contributed by atoms with Crippen molar-refractivity contribution in [3.63, 3.8) is 0 Å². The molecular formula is C23H21FN2O6S. The molecule has 1 amide bonds. The Hall–Kier alpha value is -3.79. The van der Waals surface area contributed by atoms with E-state index in [2.05, 4.69) is 10.0 Å². The van der Waals surface area contributed by atoms with Crippen LogP contribution in [0, 0.1) is 12.7 Å². The van der Waals surface area contributed by atoms with Gasteiger partial charge in [0.1, 0.15) is 19.0 Å². The SMILES string of the molecule is COc1cc(C(=O)Nc2ccc(C)c(S(=O)(=O)Nc3ccccc3F)c2)cc2c1OCCO2. The number of rotatable bonds is 6. The monoisotopic (exact) mass is 472 g/mol. The van der Waals surface area contributed by atoms with Crippen molar-refractivity contribution in [3.05, 3.63) is 71.5 Å². The van der Waals surface area contributed by atoms with Gasteiger partial charge in [-0.1, -0.05) is 18.2 Å². The molecule has 0 aliphatic carbocycles. The fourth-order valence-corrected chi connectivity index (χ4v) is 4.66. The number of anilines is 2. The van der Waals surface area contributed by atoms with Crippen LogP contribution in [-0.4, -0.2) is 34.6 Å². The molecule has 0 aromatic heterocycles. The summed E-state index contributed by atoms with van der Waals surface area (Å²) in [7, 11) is -2.66. The molecule has 1 aliphatic rings. The van der Waals surface area contributed by atoms with Gasteiger partial charge in [0.25, 0.3) is 15.9 Å². The van der Waals surface area contributed by atoms with Gasteiger partial charge in [-0.15, -0.1) is 0 Å². The zero-order valence-corrected chi connectivity index (χ0v) is 18.7. The van der Waals surface area contributed by atoms with Gasteiger partial charge in [0.2, 0.25) is 5.75 Å². The van der Waals surface area contributed by atoms with E-state index in [1.54, 1.807) is 19.1 Å². The number of halogens is 1. The van der Waals surface area contributed by atoms with E-state index in [0.717, 1.165) is 6.07 Å². The van der Waals surface area contributed by atoms with Crippen molar-refractivity contribution < 1.29 is 31.8 Å². The van der Waals surface area contributed by atoms with Crippen LogP contribution in [-0.2, 0) is 10.0 Å². The van der Waals surface area contributed by atoms with E-state index in [1.807, 2.05) is 0 Å². The molecule has 4 rings (SSSR count). The minimum Gasteiger partial charge on any atom is -0.493 e. The summed E-state index contributed by atoms with van der Waals surface area (Å²) in [6, 6.07) is 12.9. The molecule has 172 valence electrons. The maximum atomic E-state index is 13.9. The molecule has 0 fully saturated rings. The lowest BCUT2D eigenvalue weighted by Gasteiger charge is -2.21. The first-order chi connectivity index (χ1) is 15.8. The minimum atomic E-state index is -4.11. The summed E-state index contributed by atoms with van der Waals surface area (Å²) in [6.45, 7) is 2.32. The van der Waals surface area contributed by atoms with Gasteiger partial charge in [0.05, 0.1) is 17.7 Å². The van der Waals surface area contributed by atoms with Gasteiger partial charge < -0.3 is 19.5 Å². The van der Waals surface area contributed by atoms with Crippen molar-refractivity contribution in [2.24, 2.45) is 0 Å². The quantitative estimate of drug-likeness (QED) is 0.563. The Morgan fingerprint density at radius 1 is 1.06 bits per heavy atom. The van der Waals surface area contributed by atoms with Crippen LogP contribution >= 0.6 is 0 Å². The minimum absolute atomic E-state index is 0.0942. The standard InChI is InChI=1S/C23H21FN2O6S/c1-14-7-8-16(13-21(14)33(28,29)26-18-6-4-3-5-17(18)24)25-23(27)15-11-19(30-2)22-20(12-15)31-9-10-32-22/h3-8,11-13,26H,9-10H2,1-2H3,(H,25,27). The highest BCUT2D eigenvalue weighted by Crippen LogP contribution is 2.40. The van der Waals surface area contributed by atoms with Crippen LogP contribution in [0.25, 0.3) is 0 Å². The smallest absolute Gasteiger partial charge is 0.262 e. The molecule has 0 atom stereocenters. The van der Waals surface area contributed by atoms with Crippen molar-refractivity contribution in [1.82, 2.24) is 0 Å². The lowest BCUT2D eigenvalue weighted by atomic mass is 10.1. The summed E-state index contributed by atoms with van der Waals surface area (Å²) in [6.07, 6.45) is 0. The van der Waals surface area contributed by atoms with Crippen LogP contribution in [0.1, 0.15) is 15.9 Å². The summed E-state index contributed by atoms with van der Waals surface area (Å²) in [4.78, 5) is 12.8. The van der Waals surface area contributed by atoms with Crippen LogP contribution < -0.4 is 24.2 Å². The average molecular weight is 472 g/mol. The van der Waals surface area contributed by atoms with E-state index in [-0.39, 0.29) is 21.8 Å². The molecule has 0 saturated heterocycles. The molecule has 1 heterocycles. The molecule has 0 radical (unpaired) electrons. The van der Waals surface area contributed by atoms with Crippen molar-refractivity contribution in [3.8, 4) is 17.2 Å². The number of carbonyl (C=O) groups excluding carboxylic acids is 1. The Bertz CT molecular complexity index is 1310. The molecule has 1 aliphatic heterocycles. The molecule has 3 aromatic carbocycles. The molecule has 0 unspecified atom stereocenters. The van der Waals surface area contributed by atoms with Crippen LogP contribution in [0.3, 0.4) is 0 Å². The lowest BCUT2D eigenvalue weighted by molar-refractivity contribution is 0.102. The Morgan fingerprint density at radius 3 is 2.58 bits per heavy atom. The Balaban J connectivity index is 1.61. The molecule has 2 N–H and O–H groups in total. The second-order valence-corrected chi connectivity index (χ2v) is 8.87. The highest BCUT2D eigenvalue weighted by molar-refractivity contribution is 7.92. The number of carbonyl (C=O) groups is 1. The van der Waals surface area contributed by atoms with E-state index in [4.69, 9.17) is 14.2 Å². The van der Waals surface area contributed by atoms with Crippen molar-refractivity contribution in [1.29, 1.82) is 0 Å². The lowest BCUT2D eigenvalue weighted by Crippen LogP contribution is -2.18.